The zero-order valence-corrected chi connectivity index (χ0v) is 16.6. The molecule has 1 N–H and O–H groups in total. The van der Waals surface area contributed by atoms with Crippen LogP contribution in [0, 0.1) is 13.8 Å². The molecule has 0 spiro atoms. The van der Waals surface area contributed by atoms with Crippen LogP contribution >= 0.6 is 23.6 Å². The van der Waals surface area contributed by atoms with Crippen LogP contribution in [-0.4, -0.2) is 42.1 Å². The molecular weight excluding hydrogens is 334 g/mol. The summed E-state index contributed by atoms with van der Waals surface area (Å²) in [5, 5.41) is 6.37. The molecule has 0 saturated carbocycles. The van der Waals surface area contributed by atoms with E-state index in [1.54, 1.807) is 11.3 Å². The van der Waals surface area contributed by atoms with Gasteiger partial charge in [0.2, 0.25) is 0 Å². The van der Waals surface area contributed by atoms with Crippen molar-refractivity contribution < 1.29 is 0 Å². The zero-order chi connectivity index (χ0) is 17.5. The van der Waals surface area contributed by atoms with Crippen LogP contribution < -0.4 is 5.32 Å². The monoisotopic (exact) mass is 361 g/mol. The van der Waals surface area contributed by atoms with Gasteiger partial charge in [0.05, 0.1) is 6.54 Å². The molecule has 0 amide bonds. The number of thiophene rings is 1. The first-order valence-corrected chi connectivity index (χ1v) is 9.55. The number of thiocarbonyl (C=S) groups is 1. The molecule has 1 heterocycles. The summed E-state index contributed by atoms with van der Waals surface area (Å²) in [5.41, 5.74) is 3.63. The van der Waals surface area contributed by atoms with E-state index in [0.717, 1.165) is 36.9 Å². The van der Waals surface area contributed by atoms with Crippen molar-refractivity contribution in [3.63, 3.8) is 0 Å². The molecule has 0 atom stereocenters. The van der Waals surface area contributed by atoms with E-state index in [1.807, 2.05) is 0 Å². The van der Waals surface area contributed by atoms with Crippen LogP contribution in [0.5, 0.6) is 0 Å². The lowest BCUT2D eigenvalue weighted by molar-refractivity contribution is 0.347. The summed E-state index contributed by atoms with van der Waals surface area (Å²) in [6.45, 7) is 7.14. The minimum atomic E-state index is 0.802. The largest absolute Gasteiger partial charge is 0.344 e. The van der Waals surface area contributed by atoms with Crippen molar-refractivity contribution in [1.29, 1.82) is 0 Å². The highest BCUT2D eigenvalue weighted by Gasteiger charge is 2.12. The van der Waals surface area contributed by atoms with Crippen molar-refractivity contribution in [2.75, 3.05) is 32.5 Å². The van der Waals surface area contributed by atoms with Crippen molar-refractivity contribution in [3.05, 3.63) is 51.7 Å². The standard InChI is InChI=1S/C19H27N3S2/c1-15-8-5-10-18(16(15)2)20-19(23)22(12-7-11-21(3)4)14-17-9-6-13-24-17/h5-6,8-10,13H,7,11-12,14H2,1-4H3,(H,20,23). The van der Waals surface area contributed by atoms with E-state index in [4.69, 9.17) is 12.2 Å². The third-order valence-electron chi connectivity index (χ3n) is 4.09. The second kappa shape index (κ2) is 9.16. The van der Waals surface area contributed by atoms with Crippen LogP contribution in [0.25, 0.3) is 0 Å². The Morgan fingerprint density at radius 1 is 1.12 bits per heavy atom. The lowest BCUT2D eigenvalue weighted by Gasteiger charge is -2.27. The van der Waals surface area contributed by atoms with Crippen molar-refractivity contribution in [2.24, 2.45) is 0 Å². The second-order valence-corrected chi connectivity index (χ2v) is 7.75. The summed E-state index contributed by atoms with van der Waals surface area (Å²) in [5.74, 6) is 0. The predicted octanol–water partition coefficient (Wildman–Crippen LogP) is 4.52. The van der Waals surface area contributed by atoms with E-state index in [9.17, 15) is 0 Å². The number of anilines is 1. The minimum Gasteiger partial charge on any atom is -0.344 e. The Morgan fingerprint density at radius 2 is 1.92 bits per heavy atom. The average Bonchev–Trinajstić information content (AvgIpc) is 3.03. The molecule has 3 nitrogen and oxygen atoms in total. The molecule has 24 heavy (non-hydrogen) atoms. The van der Waals surface area contributed by atoms with Gasteiger partial charge in [0, 0.05) is 17.1 Å². The first kappa shape index (κ1) is 18.9. The number of nitrogens with one attached hydrogen (secondary N) is 1. The smallest absolute Gasteiger partial charge is 0.173 e. The molecule has 0 aliphatic rings. The maximum Gasteiger partial charge on any atom is 0.173 e. The second-order valence-electron chi connectivity index (χ2n) is 6.34. The summed E-state index contributed by atoms with van der Waals surface area (Å²) >= 11 is 7.50. The van der Waals surface area contributed by atoms with Gasteiger partial charge in [0.15, 0.2) is 5.11 Å². The summed E-state index contributed by atoms with van der Waals surface area (Å²) in [6, 6.07) is 10.6. The molecule has 0 radical (unpaired) electrons. The maximum absolute atomic E-state index is 5.72. The van der Waals surface area contributed by atoms with Crippen LogP contribution in [0.1, 0.15) is 22.4 Å². The fourth-order valence-corrected chi connectivity index (χ4v) is 3.49. The van der Waals surface area contributed by atoms with Gasteiger partial charge in [0.1, 0.15) is 0 Å². The molecule has 0 unspecified atom stereocenters. The molecule has 1 aromatic heterocycles. The maximum atomic E-state index is 5.72. The van der Waals surface area contributed by atoms with E-state index in [-0.39, 0.29) is 0 Å². The SMILES string of the molecule is Cc1cccc(NC(=S)N(CCCN(C)C)Cc2cccs2)c1C. The van der Waals surface area contributed by atoms with Gasteiger partial charge in [-0.3, -0.25) is 0 Å². The number of nitrogens with zero attached hydrogens (tertiary/aromatic N) is 2. The summed E-state index contributed by atoms with van der Waals surface area (Å²) in [6.07, 6.45) is 1.09. The third-order valence-corrected chi connectivity index (χ3v) is 5.32. The van der Waals surface area contributed by atoms with Gasteiger partial charge in [0.25, 0.3) is 0 Å². The zero-order valence-electron chi connectivity index (χ0n) is 15.0. The van der Waals surface area contributed by atoms with Crippen molar-refractivity contribution in [1.82, 2.24) is 9.80 Å². The number of benzene rings is 1. The highest BCUT2D eigenvalue weighted by molar-refractivity contribution is 7.80. The van der Waals surface area contributed by atoms with E-state index in [1.165, 1.54) is 16.0 Å². The Kier molecular flexibility index (Phi) is 7.21. The summed E-state index contributed by atoms with van der Waals surface area (Å²) in [7, 11) is 4.21. The normalized spacial score (nSPS) is 10.9. The molecule has 0 fully saturated rings. The molecular formula is C19H27N3S2. The first-order chi connectivity index (χ1) is 11.5. The lowest BCUT2D eigenvalue weighted by Crippen LogP contribution is -2.36. The van der Waals surface area contributed by atoms with Gasteiger partial charge in [-0.05, 0) is 81.8 Å². The van der Waals surface area contributed by atoms with Gasteiger partial charge in [-0.15, -0.1) is 11.3 Å². The van der Waals surface area contributed by atoms with E-state index in [2.05, 4.69) is 78.8 Å². The van der Waals surface area contributed by atoms with E-state index in [0.29, 0.717) is 0 Å². The molecule has 1 aromatic carbocycles. The van der Waals surface area contributed by atoms with Crippen molar-refractivity contribution in [2.45, 2.75) is 26.8 Å². The topological polar surface area (TPSA) is 18.5 Å². The number of rotatable bonds is 7. The highest BCUT2D eigenvalue weighted by atomic mass is 32.1. The fraction of sp³-hybridized carbons (Fsp3) is 0.421. The minimum absolute atomic E-state index is 0.802. The van der Waals surface area contributed by atoms with Crippen LogP contribution in [0.15, 0.2) is 35.7 Å². The molecule has 0 saturated heterocycles. The Hall–Kier alpha value is -1.43. The number of hydrogen-bond acceptors (Lipinski definition) is 3. The number of hydrogen-bond donors (Lipinski definition) is 1. The lowest BCUT2D eigenvalue weighted by atomic mass is 10.1. The summed E-state index contributed by atoms with van der Waals surface area (Å²) < 4.78 is 0. The Balaban J connectivity index is 2.06. The highest BCUT2D eigenvalue weighted by Crippen LogP contribution is 2.19. The van der Waals surface area contributed by atoms with Crippen LogP contribution in [0.2, 0.25) is 0 Å². The fourth-order valence-electron chi connectivity index (χ4n) is 2.50. The number of aryl methyl sites for hydroxylation is 1. The first-order valence-electron chi connectivity index (χ1n) is 8.26. The Bertz CT molecular complexity index is 651. The molecule has 5 heteroatoms. The van der Waals surface area contributed by atoms with Gasteiger partial charge in [-0.1, -0.05) is 18.2 Å². The van der Waals surface area contributed by atoms with Gasteiger partial charge in [-0.2, -0.15) is 0 Å². The van der Waals surface area contributed by atoms with E-state index >= 15 is 0 Å². The molecule has 0 bridgehead atoms. The molecule has 2 rings (SSSR count). The molecule has 0 aliphatic carbocycles. The Labute approximate surface area is 155 Å². The predicted molar refractivity (Wildman–Crippen MR) is 110 cm³/mol. The van der Waals surface area contributed by atoms with Gasteiger partial charge in [-0.25, -0.2) is 0 Å². The van der Waals surface area contributed by atoms with Crippen LogP contribution in [0.3, 0.4) is 0 Å². The molecule has 0 aliphatic heterocycles. The van der Waals surface area contributed by atoms with E-state index < -0.39 is 0 Å². The van der Waals surface area contributed by atoms with Crippen LogP contribution in [-0.2, 0) is 6.54 Å². The van der Waals surface area contributed by atoms with Gasteiger partial charge >= 0.3 is 0 Å². The van der Waals surface area contributed by atoms with Crippen molar-refractivity contribution in [3.8, 4) is 0 Å². The Morgan fingerprint density at radius 3 is 2.58 bits per heavy atom. The summed E-state index contributed by atoms with van der Waals surface area (Å²) in [4.78, 5) is 5.82. The average molecular weight is 362 g/mol. The van der Waals surface area contributed by atoms with Gasteiger partial charge < -0.3 is 15.1 Å². The molecule has 130 valence electrons. The third kappa shape index (κ3) is 5.58. The van der Waals surface area contributed by atoms with Crippen LogP contribution in [0.4, 0.5) is 5.69 Å². The molecule has 2 aromatic rings. The van der Waals surface area contributed by atoms with Crippen molar-refractivity contribution >= 4 is 34.4 Å². The quantitative estimate of drug-likeness (QED) is 0.731.